The molecule has 1 aromatic carbocycles. The summed E-state index contributed by atoms with van der Waals surface area (Å²) in [7, 11) is 0. The third kappa shape index (κ3) is 1.45. The van der Waals surface area contributed by atoms with Gasteiger partial charge in [-0.2, -0.15) is 0 Å². The standard InChI is InChI=1S/C10H6F2O/c11-8-4-3-7(6-9(8)12)10-2-1-5-13-10/h1-6H. The molecular formula is C10H6F2O. The van der Waals surface area contributed by atoms with E-state index in [0.29, 0.717) is 11.3 Å². The van der Waals surface area contributed by atoms with E-state index in [2.05, 4.69) is 0 Å². The van der Waals surface area contributed by atoms with Gasteiger partial charge in [0.1, 0.15) is 5.76 Å². The van der Waals surface area contributed by atoms with Crippen LogP contribution < -0.4 is 0 Å². The van der Waals surface area contributed by atoms with Gasteiger partial charge >= 0.3 is 0 Å². The Morgan fingerprint density at radius 1 is 1.00 bits per heavy atom. The van der Waals surface area contributed by atoms with Gasteiger partial charge in [-0.05, 0) is 30.3 Å². The van der Waals surface area contributed by atoms with Gasteiger partial charge in [0.15, 0.2) is 11.6 Å². The summed E-state index contributed by atoms with van der Waals surface area (Å²) in [4.78, 5) is 0. The highest BCUT2D eigenvalue weighted by Crippen LogP contribution is 2.21. The van der Waals surface area contributed by atoms with Gasteiger partial charge in [0.05, 0.1) is 6.26 Å². The minimum absolute atomic E-state index is 0.527. The molecule has 0 radical (unpaired) electrons. The van der Waals surface area contributed by atoms with Crippen molar-refractivity contribution in [1.29, 1.82) is 0 Å². The number of hydrogen-bond donors (Lipinski definition) is 0. The van der Waals surface area contributed by atoms with Crippen LogP contribution >= 0.6 is 0 Å². The molecule has 0 aliphatic rings. The second-order valence-electron chi connectivity index (χ2n) is 2.61. The second-order valence-corrected chi connectivity index (χ2v) is 2.61. The minimum atomic E-state index is -0.867. The lowest BCUT2D eigenvalue weighted by Crippen LogP contribution is -1.83. The van der Waals surface area contributed by atoms with Crippen molar-refractivity contribution in [2.24, 2.45) is 0 Å². The van der Waals surface area contributed by atoms with Crippen molar-refractivity contribution in [2.45, 2.75) is 0 Å². The van der Waals surface area contributed by atoms with Crippen LogP contribution in [0, 0.1) is 11.6 Å². The van der Waals surface area contributed by atoms with E-state index in [1.165, 1.54) is 12.3 Å². The zero-order valence-corrected chi connectivity index (χ0v) is 6.63. The van der Waals surface area contributed by atoms with Crippen molar-refractivity contribution >= 4 is 0 Å². The van der Waals surface area contributed by atoms with Gasteiger partial charge < -0.3 is 4.42 Å². The maximum Gasteiger partial charge on any atom is 0.159 e. The lowest BCUT2D eigenvalue weighted by atomic mass is 10.2. The first kappa shape index (κ1) is 7.98. The first-order chi connectivity index (χ1) is 6.27. The summed E-state index contributed by atoms with van der Waals surface area (Å²) in [6.07, 6.45) is 1.48. The van der Waals surface area contributed by atoms with Crippen molar-refractivity contribution in [3.8, 4) is 11.3 Å². The van der Waals surface area contributed by atoms with Gasteiger partial charge in [-0.15, -0.1) is 0 Å². The van der Waals surface area contributed by atoms with Crippen molar-refractivity contribution in [3.63, 3.8) is 0 Å². The van der Waals surface area contributed by atoms with Crippen LogP contribution in [0.15, 0.2) is 41.0 Å². The monoisotopic (exact) mass is 180 g/mol. The van der Waals surface area contributed by atoms with E-state index < -0.39 is 11.6 Å². The second kappa shape index (κ2) is 3.01. The first-order valence-electron chi connectivity index (χ1n) is 3.76. The minimum Gasteiger partial charge on any atom is -0.464 e. The van der Waals surface area contributed by atoms with Crippen LogP contribution in [0.4, 0.5) is 8.78 Å². The normalized spacial score (nSPS) is 10.3. The molecule has 66 valence electrons. The Balaban J connectivity index is 2.49. The fourth-order valence-electron chi connectivity index (χ4n) is 1.09. The quantitative estimate of drug-likeness (QED) is 0.656. The molecule has 0 amide bonds. The number of benzene rings is 1. The molecule has 1 aromatic heterocycles. The van der Waals surface area contributed by atoms with E-state index in [4.69, 9.17) is 4.42 Å². The largest absolute Gasteiger partial charge is 0.464 e. The van der Waals surface area contributed by atoms with Gasteiger partial charge in [0.25, 0.3) is 0 Å². The zero-order valence-electron chi connectivity index (χ0n) is 6.63. The van der Waals surface area contributed by atoms with Crippen molar-refractivity contribution in [1.82, 2.24) is 0 Å². The fraction of sp³-hybridized carbons (Fsp3) is 0. The maximum absolute atomic E-state index is 12.8. The Kier molecular flexibility index (Phi) is 1.85. The molecule has 2 aromatic rings. The molecule has 13 heavy (non-hydrogen) atoms. The molecule has 0 N–H and O–H groups in total. The third-order valence-corrected chi connectivity index (χ3v) is 1.73. The maximum atomic E-state index is 12.8. The summed E-state index contributed by atoms with van der Waals surface area (Å²) in [5, 5.41) is 0. The summed E-state index contributed by atoms with van der Waals surface area (Å²) < 4.78 is 30.3. The van der Waals surface area contributed by atoms with Crippen molar-refractivity contribution in [2.75, 3.05) is 0 Å². The van der Waals surface area contributed by atoms with E-state index in [0.717, 1.165) is 12.1 Å². The molecule has 0 saturated heterocycles. The SMILES string of the molecule is Fc1ccc(-c2ccco2)cc1F. The highest BCUT2D eigenvalue weighted by atomic mass is 19.2. The van der Waals surface area contributed by atoms with Crippen molar-refractivity contribution < 1.29 is 13.2 Å². The summed E-state index contributed by atoms with van der Waals surface area (Å²) in [5.74, 6) is -1.19. The van der Waals surface area contributed by atoms with E-state index in [9.17, 15) is 8.78 Å². The molecular weight excluding hydrogens is 174 g/mol. The van der Waals surface area contributed by atoms with Gasteiger partial charge in [-0.25, -0.2) is 8.78 Å². The number of hydrogen-bond acceptors (Lipinski definition) is 1. The molecule has 0 fully saturated rings. The molecule has 0 unspecified atom stereocenters. The smallest absolute Gasteiger partial charge is 0.159 e. The Bertz CT molecular complexity index is 407. The summed E-state index contributed by atoms with van der Waals surface area (Å²) >= 11 is 0. The Morgan fingerprint density at radius 3 is 2.46 bits per heavy atom. The molecule has 0 aliphatic heterocycles. The van der Waals surface area contributed by atoms with E-state index in [1.54, 1.807) is 12.1 Å². The Morgan fingerprint density at radius 2 is 1.85 bits per heavy atom. The van der Waals surface area contributed by atoms with Gasteiger partial charge in [0.2, 0.25) is 0 Å². The average molecular weight is 180 g/mol. The number of furan rings is 1. The van der Waals surface area contributed by atoms with Gasteiger partial charge in [-0.3, -0.25) is 0 Å². The molecule has 0 aliphatic carbocycles. The van der Waals surface area contributed by atoms with E-state index >= 15 is 0 Å². The summed E-state index contributed by atoms with van der Waals surface area (Å²) in [6, 6.07) is 7.03. The highest BCUT2D eigenvalue weighted by Gasteiger charge is 2.05. The molecule has 2 rings (SSSR count). The summed E-state index contributed by atoms with van der Waals surface area (Å²) in [6.45, 7) is 0. The highest BCUT2D eigenvalue weighted by molar-refractivity contribution is 5.56. The van der Waals surface area contributed by atoms with E-state index in [1.807, 2.05) is 0 Å². The predicted octanol–water partition coefficient (Wildman–Crippen LogP) is 3.22. The zero-order chi connectivity index (χ0) is 9.26. The van der Waals surface area contributed by atoms with Crippen LogP contribution in [0.5, 0.6) is 0 Å². The molecule has 0 saturated carbocycles. The van der Waals surface area contributed by atoms with E-state index in [-0.39, 0.29) is 0 Å². The summed E-state index contributed by atoms with van der Waals surface area (Å²) in [5.41, 5.74) is 0.531. The Labute approximate surface area is 73.6 Å². The number of halogens is 2. The molecule has 3 heteroatoms. The molecule has 0 bridgehead atoms. The van der Waals surface area contributed by atoms with Crippen LogP contribution in [0.2, 0.25) is 0 Å². The predicted molar refractivity (Wildman–Crippen MR) is 44.1 cm³/mol. The third-order valence-electron chi connectivity index (χ3n) is 1.73. The fourth-order valence-corrected chi connectivity index (χ4v) is 1.09. The lowest BCUT2D eigenvalue weighted by molar-refractivity contribution is 0.508. The molecule has 1 heterocycles. The van der Waals surface area contributed by atoms with Crippen LogP contribution in [-0.2, 0) is 0 Å². The van der Waals surface area contributed by atoms with Crippen LogP contribution in [-0.4, -0.2) is 0 Å². The molecule has 1 nitrogen and oxygen atoms in total. The lowest BCUT2D eigenvalue weighted by Gasteiger charge is -1.97. The molecule has 0 atom stereocenters. The van der Waals surface area contributed by atoms with Crippen LogP contribution in [0.1, 0.15) is 0 Å². The average Bonchev–Trinajstić information content (AvgIpc) is 2.62. The van der Waals surface area contributed by atoms with Gasteiger partial charge in [0, 0.05) is 5.56 Å². The van der Waals surface area contributed by atoms with Crippen molar-refractivity contribution in [3.05, 3.63) is 48.2 Å². The van der Waals surface area contributed by atoms with Crippen LogP contribution in [0.3, 0.4) is 0 Å². The molecule has 0 spiro atoms. The Hall–Kier alpha value is -1.64. The number of rotatable bonds is 1. The topological polar surface area (TPSA) is 13.1 Å². The van der Waals surface area contributed by atoms with Crippen LogP contribution in [0.25, 0.3) is 11.3 Å². The van der Waals surface area contributed by atoms with Gasteiger partial charge in [-0.1, -0.05) is 0 Å². The first-order valence-corrected chi connectivity index (χ1v) is 3.76.